The Morgan fingerprint density at radius 3 is 2.75 bits per heavy atom. The minimum Gasteiger partial charge on any atom is -0.326 e. The lowest BCUT2D eigenvalue weighted by Crippen LogP contribution is -2.00. The summed E-state index contributed by atoms with van der Waals surface area (Å²) in [6.45, 7) is 0.188. The Morgan fingerprint density at radius 2 is 2.25 bits per heavy atom. The minimum atomic E-state index is -0.336. The predicted octanol–water partition coefficient (Wildman–Crippen LogP) is 1.03. The van der Waals surface area contributed by atoms with Crippen molar-refractivity contribution in [3.63, 3.8) is 0 Å². The molecule has 2 nitrogen and oxygen atoms in total. The zero-order chi connectivity index (χ0) is 8.97. The van der Waals surface area contributed by atoms with E-state index in [1.807, 2.05) is 0 Å². The topological polar surface area (TPSA) is 43.1 Å². The molecular formula is C9H10FNO. The molecule has 0 heterocycles. The van der Waals surface area contributed by atoms with Gasteiger partial charge in [-0.2, -0.15) is 0 Å². The van der Waals surface area contributed by atoms with Crippen LogP contribution in [0.4, 0.5) is 4.39 Å². The molecule has 1 aromatic rings. The first-order valence-electron chi connectivity index (χ1n) is 3.69. The number of rotatable bonds is 3. The predicted molar refractivity (Wildman–Crippen MR) is 44.1 cm³/mol. The SMILES string of the molecule is NCc1ccc(CC=O)cc1F. The van der Waals surface area contributed by atoms with Crippen LogP contribution in [0.2, 0.25) is 0 Å². The van der Waals surface area contributed by atoms with Crippen molar-refractivity contribution >= 4 is 6.29 Å². The maximum Gasteiger partial charge on any atom is 0.127 e. The number of aldehydes is 1. The molecule has 1 rings (SSSR count). The quantitative estimate of drug-likeness (QED) is 0.683. The Bertz CT molecular complexity index is 286. The van der Waals surface area contributed by atoms with Gasteiger partial charge in [0.2, 0.25) is 0 Å². The lowest BCUT2D eigenvalue weighted by atomic mass is 10.1. The van der Waals surface area contributed by atoms with Gasteiger partial charge in [-0.1, -0.05) is 12.1 Å². The zero-order valence-electron chi connectivity index (χ0n) is 6.59. The van der Waals surface area contributed by atoms with Gasteiger partial charge >= 0.3 is 0 Å². The van der Waals surface area contributed by atoms with E-state index in [1.54, 1.807) is 12.1 Å². The van der Waals surface area contributed by atoms with E-state index < -0.39 is 0 Å². The summed E-state index contributed by atoms with van der Waals surface area (Å²) in [6, 6.07) is 4.66. The number of hydrogen-bond acceptors (Lipinski definition) is 2. The van der Waals surface area contributed by atoms with Crippen molar-refractivity contribution in [2.75, 3.05) is 0 Å². The van der Waals surface area contributed by atoms with Crippen LogP contribution in [0, 0.1) is 5.82 Å². The number of carbonyl (C=O) groups excluding carboxylic acids is 1. The third kappa shape index (κ3) is 1.89. The monoisotopic (exact) mass is 167 g/mol. The Hall–Kier alpha value is -1.22. The lowest BCUT2D eigenvalue weighted by Gasteiger charge is -2.00. The van der Waals surface area contributed by atoms with Gasteiger partial charge in [0.1, 0.15) is 12.1 Å². The number of carbonyl (C=O) groups is 1. The standard InChI is InChI=1S/C9H10FNO/c10-9-5-7(3-4-12)1-2-8(9)6-11/h1-2,4-5H,3,6,11H2. The Morgan fingerprint density at radius 1 is 1.50 bits per heavy atom. The van der Waals surface area contributed by atoms with Crippen molar-refractivity contribution in [2.45, 2.75) is 13.0 Å². The maximum atomic E-state index is 13.0. The molecule has 0 saturated heterocycles. The smallest absolute Gasteiger partial charge is 0.127 e. The number of benzene rings is 1. The van der Waals surface area contributed by atoms with E-state index in [2.05, 4.69) is 0 Å². The average molecular weight is 167 g/mol. The summed E-state index contributed by atoms with van der Waals surface area (Å²) >= 11 is 0. The molecule has 2 N–H and O–H groups in total. The number of nitrogens with two attached hydrogens (primary N) is 1. The van der Waals surface area contributed by atoms with Gasteiger partial charge in [-0.05, 0) is 11.6 Å². The van der Waals surface area contributed by atoms with Gasteiger partial charge in [0.15, 0.2) is 0 Å². The van der Waals surface area contributed by atoms with E-state index in [1.165, 1.54) is 6.07 Å². The van der Waals surface area contributed by atoms with E-state index >= 15 is 0 Å². The van der Waals surface area contributed by atoms with Crippen LogP contribution in [0.3, 0.4) is 0 Å². The lowest BCUT2D eigenvalue weighted by molar-refractivity contribution is -0.107. The van der Waals surface area contributed by atoms with Gasteiger partial charge in [-0.15, -0.1) is 0 Å². The molecule has 0 atom stereocenters. The largest absolute Gasteiger partial charge is 0.326 e. The minimum absolute atomic E-state index is 0.188. The van der Waals surface area contributed by atoms with Gasteiger partial charge in [0.25, 0.3) is 0 Å². The number of hydrogen-bond donors (Lipinski definition) is 1. The van der Waals surface area contributed by atoms with Crippen LogP contribution in [0.15, 0.2) is 18.2 Å². The molecule has 0 aliphatic carbocycles. The first-order chi connectivity index (χ1) is 5.77. The van der Waals surface area contributed by atoms with E-state index in [4.69, 9.17) is 5.73 Å². The normalized spacial score (nSPS) is 9.83. The number of halogens is 1. The van der Waals surface area contributed by atoms with Crippen molar-refractivity contribution in [3.8, 4) is 0 Å². The molecule has 64 valence electrons. The summed E-state index contributed by atoms with van der Waals surface area (Å²) in [5.74, 6) is -0.336. The Balaban J connectivity index is 2.93. The second-order valence-corrected chi connectivity index (χ2v) is 2.50. The summed E-state index contributed by atoms with van der Waals surface area (Å²) in [5.41, 5.74) is 6.42. The van der Waals surface area contributed by atoms with Crippen LogP contribution in [0.5, 0.6) is 0 Å². The summed E-state index contributed by atoms with van der Waals surface area (Å²) in [5, 5.41) is 0. The molecular weight excluding hydrogens is 157 g/mol. The molecule has 0 radical (unpaired) electrons. The van der Waals surface area contributed by atoms with Gasteiger partial charge < -0.3 is 10.5 Å². The van der Waals surface area contributed by atoms with E-state index in [-0.39, 0.29) is 18.8 Å². The van der Waals surface area contributed by atoms with Gasteiger partial charge in [-0.3, -0.25) is 0 Å². The van der Waals surface area contributed by atoms with Gasteiger partial charge in [0, 0.05) is 18.5 Å². The van der Waals surface area contributed by atoms with Crippen LogP contribution in [0.1, 0.15) is 11.1 Å². The molecule has 12 heavy (non-hydrogen) atoms. The van der Waals surface area contributed by atoms with Crippen molar-refractivity contribution in [3.05, 3.63) is 35.1 Å². The summed E-state index contributed by atoms with van der Waals surface area (Å²) in [6.07, 6.45) is 0.999. The molecule has 0 spiro atoms. The van der Waals surface area contributed by atoms with Crippen LogP contribution < -0.4 is 5.73 Å². The molecule has 0 aliphatic heterocycles. The molecule has 0 amide bonds. The highest BCUT2D eigenvalue weighted by Crippen LogP contribution is 2.09. The molecule has 0 aliphatic rings. The Kier molecular flexibility index (Phi) is 2.94. The van der Waals surface area contributed by atoms with Crippen LogP contribution in [0.25, 0.3) is 0 Å². The van der Waals surface area contributed by atoms with Crippen molar-refractivity contribution in [1.82, 2.24) is 0 Å². The Labute approximate surface area is 70.2 Å². The first-order valence-corrected chi connectivity index (χ1v) is 3.69. The summed E-state index contributed by atoms with van der Waals surface area (Å²) in [4.78, 5) is 10.1. The van der Waals surface area contributed by atoms with Crippen molar-refractivity contribution in [1.29, 1.82) is 0 Å². The second kappa shape index (κ2) is 3.97. The van der Waals surface area contributed by atoms with E-state index in [0.29, 0.717) is 11.1 Å². The first kappa shape index (κ1) is 8.87. The second-order valence-electron chi connectivity index (χ2n) is 2.50. The molecule has 0 bridgehead atoms. The highest BCUT2D eigenvalue weighted by molar-refractivity contribution is 5.54. The fourth-order valence-electron chi connectivity index (χ4n) is 0.980. The van der Waals surface area contributed by atoms with Crippen LogP contribution in [-0.4, -0.2) is 6.29 Å². The molecule has 0 unspecified atom stereocenters. The fourth-order valence-corrected chi connectivity index (χ4v) is 0.980. The van der Waals surface area contributed by atoms with Crippen LogP contribution >= 0.6 is 0 Å². The van der Waals surface area contributed by atoms with Gasteiger partial charge in [0.05, 0.1) is 0 Å². The fraction of sp³-hybridized carbons (Fsp3) is 0.222. The average Bonchev–Trinajstić information content (AvgIpc) is 2.05. The molecule has 1 aromatic carbocycles. The third-order valence-corrected chi connectivity index (χ3v) is 1.66. The highest BCUT2D eigenvalue weighted by Gasteiger charge is 2.00. The van der Waals surface area contributed by atoms with E-state index in [0.717, 1.165) is 6.29 Å². The molecule has 0 aromatic heterocycles. The van der Waals surface area contributed by atoms with Crippen molar-refractivity contribution in [2.24, 2.45) is 5.73 Å². The maximum absolute atomic E-state index is 13.0. The summed E-state index contributed by atoms with van der Waals surface area (Å²) in [7, 11) is 0. The zero-order valence-corrected chi connectivity index (χ0v) is 6.59. The van der Waals surface area contributed by atoms with Crippen molar-refractivity contribution < 1.29 is 9.18 Å². The highest BCUT2D eigenvalue weighted by atomic mass is 19.1. The third-order valence-electron chi connectivity index (χ3n) is 1.66. The molecule has 0 fully saturated rings. The summed E-state index contributed by atoms with van der Waals surface area (Å²) < 4.78 is 13.0. The molecule has 0 saturated carbocycles. The van der Waals surface area contributed by atoms with E-state index in [9.17, 15) is 9.18 Å². The molecule has 3 heteroatoms. The van der Waals surface area contributed by atoms with Gasteiger partial charge in [-0.25, -0.2) is 4.39 Å². The van der Waals surface area contributed by atoms with Crippen LogP contribution in [-0.2, 0) is 17.8 Å².